The van der Waals surface area contributed by atoms with Gasteiger partial charge in [0, 0.05) is 5.25 Å². The molecule has 1 heterocycles. The molecule has 1 aliphatic carbocycles. The van der Waals surface area contributed by atoms with Gasteiger partial charge in [-0.05, 0) is 6.42 Å². The lowest BCUT2D eigenvalue weighted by Crippen LogP contribution is -2.01. The van der Waals surface area contributed by atoms with Crippen molar-refractivity contribution in [2.75, 3.05) is 0 Å². The van der Waals surface area contributed by atoms with Crippen molar-refractivity contribution in [3.63, 3.8) is 0 Å². The Bertz CT molecular complexity index is 220. The molecule has 0 aromatic carbocycles. The summed E-state index contributed by atoms with van der Waals surface area (Å²) >= 11 is 0. The Hall–Kier alpha value is -0.0200. The normalized spacial score (nSPS) is 43.8. The number of allylic oxidation sites excluding steroid dienone is 2. The molecular formula is C7H8OS2. The molecule has 0 N–H and O–H groups in total. The maximum atomic E-state index is 11.2. The molecule has 0 saturated carbocycles. The highest BCUT2D eigenvalue weighted by Gasteiger charge is 2.29. The van der Waals surface area contributed by atoms with Crippen LogP contribution in [-0.4, -0.2) is 14.7 Å². The minimum Gasteiger partial charge on any atom is -0.247 e. The highest BCUT2D eigenvalue weighted by atomic mass is 33.1. The smallest absolute Gasteiger partial charge is 0.0880 e. The largest absolute Gasteiger partial charge is 0.247 e. The Balaban J connectivity index is 2.29. The van der Waals surface area contributed by atoms with E-state index >= 15 is 0 Å². The molecular weight excluding hydrogens is 164 g/mol. The van der Waals surface area contributed by atoms with Gasteiger partial charge >= 0.3 is 0 Å². The first-order valence-electron chi connectivity index (χ1n) is 3.29. The fourth-order valence-electron chi connectivity index (χ4n) is 1.17. The van der Waals surface area contributed by atoms with E-state index in [1.54, 1.807) is 10.8 Å². The van der Waals surface area contributed by atoms with Crippen molar-refractivity contribution in [3.05, 3.63) is 24.3 Å². The van der Waals surface area contributed by atoms with Gasteiger partial charge in [0.15, 0.2) is 0 Å². The molecule has 2 aliphatic rings. The van der Waals surface area contributed by atoms with E-state index in [0.717, 1.165) is 6.42 Å². The molecule has 0 amide bonds. The van der Waals surface area contributed by atoms with Crippen LogP contribution in [0.4, 0.5) is 0 Å². The highest BCUT2D eigenvalue weighted by Crippen LogP contribution is 2.36. The minimum atomic E-state index is -0.661. The van der Waals surface area contributed by atoms with Crippen LogP contribution >= 0.6 is 10.8 Å². The topological polar surface area (TPSA) is 17.1 Å². The predicted octanol–water partition coefficient (Wildman–Crippen LogP) is 1.65. The molecule has 3 atom stereocenters. The molecule has 2 unspecified atom stereocenters. The molecule has 1 aliphatic heterocycles. The van der Waals surface area contributed by atoms with Crippen LogP contribution in [0.15, 0.2) is 24.3 Å². The molecule has 54 valence electrons. The summed E-state index contributed by atoms with van der Waals surface area (Å²) in [5.74, 6) is 0. The molecule has 0 aromatic rings. The lowest BCUT2D eigenvalue weighted by molar-refractivity contribution is 0.686. The molecule has 3 heteroatoms. The molecule has 0 radical (unpaired) electrons. The van der Waals surface area contributed by atoms with Crippen molar-refractivity contribution in [2.24, 2.45) is 0 Å². The molecule has 10 heavy (non-hydrogen) atoms. The predicted molar refractivity (Wildman–Crippen MR) is 46.2 cm³/mol. The van der Waals surface area contributed by atoms with Gasteiger partial charge in [-0.15, -0.1) is 0 Å². The van der Waals surface area contributed by atoms with Crippen LogP contribution in [-0.2, 0) is 9.83 Å². The lowest BCUT2D eigenvalue weighted by Gasteiger charge is -1.95. The summed E-state index contributed by atoms with van der Waals surface area (Å²) < 4.78 is 11.2. The van der Waals surface area contributed by atoms with Gasteiger partial charge in [-0.3, -0.25) is 0 Å². The van der Waals surface area contributed by atoms with Crippen LogP contribution in [0.25, 0.3) is 0 Å². The molecule has 1 nitrogen and oxygen atoms in total. The van der Waals surface area contributed by atoms with E-state index < -0.39 is 9.83 Å². The average Bonchev–Trinajstić information content (AvgIpc) is 2.18. The van der Waals surface area contributed by atoms with E-state index in [0.29, 0.717) is 10.5 Å². The number of rotatable bonds is 0. The van der Waals surface area contributed by atoms with E-state index in [4.69, 9.17) is 0 Å². The van der Waals surface area contributed by atoms with Crippen LogP contribution < -0.4 is 0 Å². The molecule has 2 rings (SSSR count). The van der Waals surface area contributed by atoms with E-state index in [1.165, 1.54) is 0 Å². The van der Waals surface area contributed by atoms with E-state index in [-0.39, 0.29) is 0 Å². The number of fused-ring (bicyclic) bond motifs is 2. The Labute approximate surface area is 66.4 Å². The maximum absolute atomic E-state index is 11.2. The number of hydrogen-bond donors (Lipinski definition) is 0. The van der Waals surface area contributed by atoms with Gasteiger partial charge in [-0.2, -0.15) is 0 Å². The van der Waals surface area contributed by atoms with E-state index in [1.807, 2.05) is 18.2 Å². The second-order valence-corrected chi connectivity index (χ2v) is 5.93. The Kier molecular flexibility index (Phi) is 1.70. The van der Waals surface area contributed by atoms with Crippen LogP contribution in [0.3, 0.4) is 0 Å². The molecule has 0 spiro atoms. The SMILES string of the molecule is O=S1S[C@@H]2C=CC=CC1C2. The standard InChI is InChI=1S/C7H8OS2/c8-10-7-4-2-1-3-6(5-7)9-10/h1-4,6-7H,5H2/t6-,7?,10?/m1/s1. The Morgan fingerprint density at radius 2 is 2.20 bits per heavy atom. The van der Waals surface area contributed by atoms with Crippen molar-refractivity contribution in [1.82, 2.24) is 0 Å². The summed E-state index contributed by atoms with van der Waals surface area (Å²) in [6.45, 7) is 0. The molecule has 1 saturated heterocycles. The van der Waals surface area contributed by atoms with Crippen molar-refractivity contribution < 1.29 is 4.21 Å². The first-order valence-corrected chi connectivity index (χ1v) is 5.90. The zero-order valence-electron chi connectivity index (χ0n) is 5.40. The summed E-state index contributed by atoms with van der Waals surface area (Å²) in [6.07, 6.45) is 9.29. The summed E-state index contributed by atoms with van der Waals surface area (Å²) in [7, 11) is 0.923. The van der Waals surface area contributed by atoms with Crippen LogP contribution in [0.2, 0.25) is 0 Å². The van der Waals surface area contributed by atoms with Crippen LogP contribution in [0.1, 0.15) is 6.42 Å². The van der Waals surface area contributed by atoms with E-state index in [9.17, 15) is 4.21 Å². The molecule has 0 aromatic heterocycles. The first-order chi connectivity index (χ1) is 4.86. The monoisotopic (exact) mass is 172 g/mol. The first kappa shape index (κ1) is 6.68. The van der Waals surface area contributed by atoms with Crippen molar-refractivity contribution >= 4 is 20.6 Å². The van der Waals surface area contributed by atoms with Crippen LogP contribution in [0, 0.1) is 0 Å². The van der Waals surface area contributed by atoms with Gasteiger partial charge in [0.1, 0.15) is 0 Å². The van der Waals surface area contributed by atoms with Gasteiger partial charge in [-0.25, -0.2) is 4.21 Å². The summed E-state index contributed by atoms with van der Waals surface area (Å²) in [4.78, 5) is 0. The summed E-state index contributed by atoms with van der Waals surface area (Å²) in [5.41, 5.74) is 0. The fraction of sp³-hybridized carbons (Fsp3) is 0.429. The quantitative estimate of drug-likeness (QED) is 0.517. The Morgan fingerprint density at radius 1 is 1.40 bits per heavy atom. The molecule has 1 fully saturated rings. The van der Waals surface area contributed by atoms with Gasteiger partial charge in [0.2, 0.25) is 0 Å². The Morgan fingerprint density at radius 3 is 3.10 bits per heavy atom. The van der Waals surface area contributed by atoms with Crippen molar-refractivity contribution in [2.45, 2.75) is 16.9 Å². The minimum absolute atomic E-state index is 0.310. The van der Waals surface area contributed by atoms with Crippen LogP contribution in [0.5, 0.6) is 0 Å². The van der Waals surface area contributed by atoms with Gasteiger partial charge in [-0.1, -0.05) is 35.1 Å². The summed E-state index contributed by atoms with van der Waals surface area (Å²) in [6, 6.07) is 0. The van der Waals surface area contributed by atoms with Gasteiger partial charge < -0.3 is 0 Å². The van der Waals surface area contributed by atoms with Crippen molar-refractivity contribution in [1.29, 1.82) is 0 Å². The second-order valence-electron chi connectivity index (χ2n) is 2.44. The zero-order chi connectivity index (χ0) is 6.97. The third kappa shape index (κ3) is 1.08. The molecule has 2 bridgehead atoms. The summed E-state index contributed by atoms with van der Waals surface area (Å²) in [5, 5.41) is 0.811. The van der Waals surface area contributed by atoms with Gasteiger partial charge in [0.05, 0.1) is 15.1 Å². The highest BCUT2D eigenvalue weighted by molar-refractivity contribution is 8.70. The fourth-order valence-corrected chi connectivity index (χ4v) is 4.72. The lowest BCUT2D eigenvalue weighted by atomic mass is 10.2. The van der Waals surface area contributed by atoms with Gasteiger partial charge in [0.25, 0.3) is 0 Å². The third-order valence-electron chi connectivity index (χ3n) is 1.69. The third-order valence-corrected chi connectivity index (χ3v) is 5.38. The number of hydrogen-bond acceptors (Lipinski definition) is 2. The average molecular weight is 172 g/mol. The second kappa shape index (κ2) is 2.55. The van der Waals surface area contributed by atoms with E-state index in [2.05, 4.69) is 6.08 Å². The zero-order valence-corrected chi connectivity index (χ0v) is 7.03. The van der Waals surface area contributed by atoms with Crippen molar-refractivity contribution in [3.8, 4) is 0 Å². The maximum Gasteiger partial charge on any atom is 0.0880 e.